The van der Waals surface area contributed by atoms with Crippen LogP contribution in [-0.4, -0.2) is 29.7 Å². The van der Waals surface area contributed by atoms with Crippen LogP contribution >= 0.6 is 0 Å². The van der Waals surface area contributed by atoms with E-state index in [1.54, 1.807) is 24.3 Å². The number of anilines is 2. The highest BCUT2D eigenvalue weighted by Gasteiger charge is 2.64. The number of hydrogen-bond donors (Lipinski definition) is 0. The van der Waals surface area contributed by atoms with Crippen LogP contribution in [0.4, 0.5) is 11.4 Å². The van der Waals surface area contributed by atoms with E-state index in [-0.39, 0.29) is 29.4 Å². The number of carbonyl (C=O) groups is 3. The van der Waals surface area contributed by atoms with Gasteiger partial charge in [0.05, 0.1) is 29.8 Å². The molecule has 1 aromatic heterocycles. The van der Waals surface area contributed by atoms with Gasteiger partial charge in [-0.2, -0.15) is 0 Å². The van der Waals surface area contributed by atoms with Crippen molar-refractivity contribution in [3.8, 4) is 0 Å². The third-order valence-electron chi connectivity index (χ3n) is 6.74. The fourth-order valence-corrected chi connectivity index (χ4v) is 5.33. The lowest BCUT2D eigenvalue weighted by atomic mass is 9.87. The van der Waals surface area contributed by atoms with Gasteiger partial charge in [0.1, 0.15) is 6.04 Å². The van der Waals surface area contributed by atoms with Crippen molar-refractivity contribution in [1.82, 2.24) is 0 Å². The van der Waals surface area contributed by atoms with Crippen molar-refractivity contribution < 1.29 is 18.8 Å². The van der Waals surface area contributed by atoms with E-state index in [1.165, 1.54) is 11.2 Å². The largest absolute Gasteiger partial charge is 0.461 e. The van der Waals surface area contributed by atoms with Gasteiger partial charge < -0.3 is 9.32 Å². The van der Waals surface area contributed by atoms with Gasteiger partial charge in [-0.3, -0.25) is 14.4 Å². The fourth-order valence-electron chi connectivity index (χ4n) is 5.33. The van der Waals surface area contributed by atoms with E-state index >= 15 is 0 Å². The summed E-state index contributed by atoms with van der Waals surface area (Å²) >= 11 is 0. The first kappa shape index (κ1) is 18.8. The Morgan fingerprint density at radius 3 is 2.41 bits per heavy atom. The number of Topliss-reactive ketones (excluding diaryl/α,β-unsaturated/α-hetero) is 1. The quantitative estimate of drug-likeness (QED) is 0.472. The summed E-state index contributed by atoms with van der Waals surface area (Å²) in [4.78, 5) is 44.1. The number of fused-ring (bicyclic) bond motifs is 5. The Labute approximate surface area is 184 Å². The second kappa shape index (κ2) is 6.79. The first-order chi connectivity index (χ1) is 15.6. The number of rotatable bonds is 3. The zero-order chi connectivity index (χ0) is 22.0. The fraction of sp³-hybridized carbons (Fsp3) is 0.192. The Bertz CT molecular complexity index is 1280. The molecule has 2 amide bonds. The van der Waals surface area contributed by atoms with Crippen LogP contribution < -0.4 is 9.80 Å². The molecule has 3 aliphatic heterocycles. The smallest absolute Gasteiger partial charge is 0.240 e. The Morgan fingerprint density at radius 1 is 0.906 bits per heavy atom. The summed E-state index contributed by atoms with van der Waals surface area (Å²) in [5.41, 5.74) is 3.38. The number of furan rings is 1. The van der Waals surface area contributed by atoms with Gasteiger partial charge in [0, 0.05) is 5.69 Å². The number of amides is 2. The van der Waals surface area contributed by atoms with Crippen LogP contribution in [0.5, 0.6) is 0 Å². The van der Waals surface area contributed by atoms with Crippen molar-refractivity contribution in [3.05, 3.63) is 89.9 Å². The van der Waals surface area contributed by atoms with Crippen molar-refractivity contribution in [3.63, 3.8) is 0 Å². The van der Waals surface area contributed by atoms with Gasteiger partial charge in [0.25, 0.3) is 0 Å². The summed E-state index contributed by atoms with van der Waals surface area (Å²) < 4.78 is 5.41. The number of hydrogen-bond acceptors (Lipinski definition) is 5. The Hall–Kier alpha value is -3.93. The Balaban J connectivity index is 1.50. The standard InChI is InChI=1S/C26H20N2O4/c1-15-8-11-17(12-9-15)27-25(30)21-19-13-10-16-5-2-3-6-18(16)28(19)23(22(21)26(27)31)24(29)20-7-4-14-32-20/h2-14,19,21-23H,1H3/t19-,21+,22+,23+/m1/s1. The Kier molecular flexibility index (Phi) is 3.99. The van der Waals surface area contributed by atoms with Gasteiger partial charge in [-0.25, -0.2) is 4.90 Å². The lowest BCUT2D eigenvalue weighted by Gasteiger charge is -2.36. The molecule has 32 heavy (non-hydrogen) atoms. The van der Waals surface area contributed by atoms with E-state index in [0.717, 1.165) is 16.8 Å². The predicted octanol–water partition coefficient (Wildman–Crippen LogP) is 3.86. The topological polar surface area (TPSA) is 70.8 Å². The molecule has 6 nitrogen and oxygen atoms in total. The van der Waals surface area contributed by atoms with Gasteiger partial charge in [0.15, 0.2) is 5.76 Å². The van der Waals surface area contributed by atoms with Crippen LogP contribution in [0.3, 0.4) is 0 Å². The van der Waals surface area contributed by atoms with Crippen LogP contribution in [0.1, 0.15) is 21.7 Å². The third-order valence-corrected chi connectivity index (χ3v) is 6.74. The molecule has 158 valence electrons. The highest BCUT2D eigenvalue weighted by molar-refractivity contribution is 6.25. The molecule has 0 aliphatic carbocycles. The van der Waals surface area contributed by atoms with E-state index in [2.05, 4.69) is 0 Å². The monoisotopic (exact) mass is 424 g/mol. The molecule has 0 N–H and O–H groups in total. The summed E-state index contributed by atoms with van der Waals surface area (Å²) in [6.45, 7) is 1.95. The number of aryl methyl sites for hydroxylation is 1. The average Bonchev–Trinajstić information content (AvgIpc) is 3.51. The molecule has 0 saturated carbocycles. The summed E-state index contributed by atoms with van der Waals surface area (Å²) in [6.07, 6.45) is 5.36. The minimum Gasteiger partial charge on any atom is -0.461 e. The highest BCUT2D eigenvalue weighted by Crippen LogP contribution is 2.49. The molecule has 4 atom stereocenters. The Morgan fingerprint density at radius 2 is 1.66 bits per heavy atom. The molecular formula is C26H20N2O4. The highest BCUT2D eigenvalue weighted by atomic mass is 16.3. The summed E-state index contributed by atoms with van der Waals surface area (Å²) in [5.74, 6) is -2.13. The molecular weight excluding hydrogens is 404 g/mol. The number of benzene rings is 2. The number of carbonyl (C=O) groups excluding carboxylic acids is 3. The zero-order valence-electron chi connectivity index (χ0n) is 17.3. The average molecular weight is 424 g/mol. The van der Waals surface area contributed by atoms with E-state index < -0.39 is 17.9 Å². The van der Waals surface area contributed by atoms with Gasteiger partial charge >= 0.3 is 0 Å². The maximum absolute atomic E-state index is 13.7. The molecule has 0 unspecified atom stereocenters. The maximum atomic E-state index is 13.7. The van der Waals surface area contributed by atoms with Crippen molar-refractivity contribution in [2.24, 2.45) is 11.8 Å². The SMILES string of the molecule is Cc1ccc(N2C(=O)[C@@H]3[C@H](C2=O)[C@@H](C(=O)c2ccco2)N2c4ccccc4C=C[C@H]32)cc1. The van der Waals surface area contributed by atoms with Crippen LogP contribution in [0.15, 0.2) is 77.4 Å². The molecule has 0 bridgehead atoms. The summed E-state index contributed by atoms with van der Waals surface area (Å²) in [5, 5.41) is 0. The minimum absolute atomic E-state index is 0.190. The maximum Gasteiger partial charge on any atom is 0.240 e. The van der Waals surface area contributed by atoms with Gasteiger partial charge in [-0.15, -0.1) is 0 Å². The van der Waals surface area contributed by atoms with Gasteiger partial charge in [0.2, 0.25) is 17.6 Å². The molecule has 6 heteroatoms. The first-order valence-electron chi connectivity index (χ1n) is 10.6. The normalized spacial score (nSPS) is 25.7. The summed E-state index contributed by atoms with van der Waals surface area (Å²) in [7, 11) is 0. The molecule has 2 saturated heterocycles. The number of para-hydroxylation sites is 1. The van der Waals surface area contributed by atoms with Gasteiger partial charge in [-0.05, 0) is 42.8 Å². The predicted molar refractivity (Wildman–Crippen MR) is 119 cm³/mol. The second-order valence-corrected chi connectivity index (χ2v) is 8.50. The van der Waals surface area contributed by atoms with E-state index in [1.807, 2.05) is 60.4 Å². The van der Waals surface area contributed by atoms with Crippen LogP contribution in [-0.2, 0) is 9.59 Å². The molecule has 4 heterocycles. The minimum atomic E-state index is -0.825. The van der Waals surface area contributed by atoms with Crippen molar-refractivity contribution in [1.29, 1.82) is 0 Å². The van der Waals surface area contributed by atoms with Crippen LogP contribution in [0.25, 0.3) is 6.08 Å². The number of ketones is 1. The molecule has 2 aromatic carbocycles. The van der Waals surface area contributed by atoms with Crippen molar-refractivity contribution >= 4 is 35.0 Å². The third kappa shape index (κ3) is 2.49. The molecule has 3 aromatic rings. The van der Waals surface area contributed by atoms with Crippen LogP contribution in [0, 0.1) is 18.8 Å². The molecule has 0 radical (unpaired) electrons. The van der Waals surface area contributed by atoms with Crippen molar-refractivity contribution in [2.75, 3.05) is 9.80 Å². The number of nitrogens with zero attached hydrogens (tertiary/aromatic N) is 2. The first-order valence-corrected chi connectivity index (χ1v) is 10.6. The van der Waals surface area contributed by atoms with E-state index in [0.29, 0.717) is 5.69 Å². The second-order valence-electron chi connectivity index (χ2n) is 8.50. The lowest BCUT2D eigenvalue weighted by molar-refractivity contribution is -0.122. The molecule has 6 rings (SSSR count). The molecule has 0 spiro atoms. The molecule has 2 fully saturated rings. The number of imide groups is 1. The van der Waals surface area contributed by atoms with E-state index in [9.17, 15) is 14.4 Å². The van der Waals surface area contributed by atoms with Gasteiger partial charge in [-0.1, -0.05) is 48.0 Å². The lowest BCUT2D eigenvalue weighted by Crippen LogP contribution is -2.48. The summed E-state index contributed by atoms with van der Waals surface area (Å²) in [6, 6.07) is 17.1. The molecule has 3 aliphatic rings. The van der Waals surface area contributed by atoms with E-state index in [4.69, 9.17) is 4.42 Å². The van der Waals surface area contributed by atoms with Crippen LogP contribution in [0.2, 0.25) is 0 Å². The van der Waals surface area contributed by atoms with Crippen molar-refractivity contribution in [2.45, 2.75) is 19.0 Å². The zero-order valence-corrected chi connectivity index (χ0v) is 17.3.